The van der Waals surface area contributed by atoms with Crippen LogP contribution in [-0.4, -0.2) is 24.5 Å². The summed E-state index contributed by atoms with van der Waals surface area (Å²) in [5.41, 5.74) is 3.48. The Morgan fingerprint density at radius 1 is 1.00 bits per heavy atom. The van der Waals surface area contributed by atoms with Crippen molar-refractivity contribution in [3.05, 3.63) is 82.6 Å². The third-order valence-electron chi connectivity index (χ3n) is 4.08. The van der Waals surface area contributed by atoms with Gasteiger partial charge in [-0.05, 0) is 34.6 Å². The van der Waals surface area contributed by atoms with E-state index in [-0.39, 0.29) is 6.03 Å². The zero-order valence-corrected chi connectivity index (χ0v) is 15.1. The van der Waals surface area contributed by atoms with Crippen LogP contribution in [0.3, 0.4) is 0 Å². The van der Waals surface area contributed by atoms with Crippen LogP contribution in [0.4, 0.5) is 4.79 Å². The van der Waals surface area contributed by atoms with Gasteiger partial charge in [-0.2, -0.15) is 0 Å². The molecule has 2 amide bonds. The molecule has 0 aliphatic carbocycles. The maximum absolute atomic E-state index is 12.3. The highest BCUT2D eigenvalue weighted by Crippen LogP contribution is 2.24. The molecule has 0 unspecified atom stereocenters. The van der Waals surface area contributed by atoms with Crippen molar-refractivity contribution in [2.24, 2.45) is 0 Å². The van der Waals surface area contributed by atoms with Gasteiger partial charge in [0.05, 0.1) is 0 Å². The first-order chi connectivity index (χ1) is 12.2. The first-order valence-electron chi connectivity index (χ1n) is 8.39. The molecule has 0 aliphatic heterocycles. The number of rotatable bonds is 6. The van der Waals surface area contributed by atoms with E-state index in [9.17, 15) is 4.79 Å². The summed E-state index contributed by atoms with van der Waals surface area (Å²) in [7, 11) is 1.84. The fourth-order valence-corrected chi connectivity index (χ4v) is 3.48. The molecule has 1 heterocycles. The van der Waals surface area contributed by atoms with Gasteiger partial charge in [-0.15, -0.1) is 11.3 Å². The van der Waals surface area contributed by atoms with Gasteiger partial charge in [0, 0.05) is 25.0 Å². The Labute approximate surface area is 152 Å². The molecule has 0 atom stereocenters. The van der Waals surface area contributed by atoms with Crippen LogP contribution in [0.15, 0.2) is 72.1 Å². The summed E-state index contributed by atoms with van der Waals surface area (Å²) in [4.78, 5) is 15.4. The van der Waals surface area contributed by atoms with Gasteiger partial charge in [-0.1, -0.05) is 60.7 Å². The predicted octanol–water partition coefficient (Wildman–Crippen LogP) is 4.80. The van der Waals surface area contributed by atoms with Gasteiger partial charge in [0.2, 0.25) is 0 Å². The van der Waals surface area contributed by atoms with E-state index in [0.29, 0.717) is 13.1 Å². The number of thiophene rings is 1. The van der Waals surface area contributed by atoms with Crippen molar-refractivity contribution in [1.82, 2.24) is 10.2 Å². The van der Waals surface area contributed by atoms with Gasteiger partial charge in [0.25, 0.3) is 0 Å². The lowest BCUT2D eigenvalue weighted by Gasteiger charge is -2.20. The number of nitrogens with one attached hydrogen (secondary N) is 1. The number of hydrogen-bond donors (Lipinski definition) is 1. The van der Waals surface area contributed by atoms with Crippen molar-refractivity contribution in [2.45, 2.75) is 13.0 Å². The van der Waals surface area contributed by atoms with Gasteiger partial charge >= 0.3 is 6.03 Å². The number of carbonyl (C=O) groups excluding carboxylic acids is 1. The van der Waals surface area contributed by atoms with Gasteiger partial charge in [-0.25, -0.2) is 4.79 Å². The van der Waals surface area contributed by atoms with Gasteiger partial charge in [0.15, 0.2) is 0 Å². The van der Waals surface area contributed by atoms with Crippen molar-refractivity contribution >= 4 is 17.4 Å². The molecular formula is C21H22N2OS. The Morgan fingerprint density at radius 3 is 2.52 bits per heavy atom. The average molecular weight is 350 g/mol. The molecule has 3 nitrogen and oxygen atoms in total. The molecule has 0 radical (unpaired) electrons. The van der Waals surface area contributed by atoms with E-state index in [4.69, 9.17) is 0 Å². The van der Waals surface area contributed by atoms with E-state index >= 15 is 0 Å². The largest absolute Gasteiger partial charge is 0.338 e. The maximum Gasteiger partial charge on any atom is 0.317 e. The van der Waals surface area contributed by atoms with Crippen LogP contribution in [0.1, 0.15) is 10.4 Å². The first kappa shape index (κ1) is 17.2. The van der Waals surface area contributed by atoms with Crippen LogP contribution in [0.5, 0.6) is 0 Å². The second-order valence-corrected chi connectivity index (χ2v) is 6.97. The monoisotopic (exact) mass is 350 g/mol. The molecular weight excluding hydrogens is 328 g/mol. The summed E-state index contributed by atoms with van der Waals surface area (Å²) >= 11 is 1.72. The summed E-state index contributed by atoms with van der Waals surface area (Å²) in [5, 5.41) is 5.05. The molecule has 0 saturated carbocycles. The molecule has 3 rings (SSSR count). The maximum atomic E-state index is 12.3. The lowest BCUT2D eigenvalue weighted by atomic mass is 9.99. The number of amides is 2. The summed E-state index contributed by atoms with van der Waals surface area (Å²) in [6.07, 6.45) is 0.873. The molecule has 1 aromatic heterocycles. The van der Waals surface area contributed by atoms with Crippen LogP contribution < -0.4 is 5.32 Å². The minimum Gasteiger partial charge on any atom is -0.338 e. The molecule has 4 heteroatoms. The molecule has 25 heavy (non-hydrogen) atoms. The number of benzene rings is 2. The van der Waals surface area contributed by atoms with Crippen molar-refractivity contribution in [1.29, 1.82) is 0 Å². The zero-order chi connectivity index (χ0) is 17.5. The van der Waals surface area contributed by atoms with E-state index in [2.05, 4.69) is 41.0 Å². The standard InChI is InChI=1S/C21H22N2OS/c1-23(21(24)22-14-13-19-11-7-15-25-19)16-18-10-5-6-12-20(18)17-8-3-2-4-9-17/h2-12,15H,13-14,16H2,1H3,(H,22,24). The Kier molecular flexibility index (Phi) is 5.86. The molecule has 0 fully saturated rings. The average Bonchev–Trinajstić information content (AvgIpc) is 3.16. The topological polar surface area (TPSA) is 32.3 Å². The van der Waals surface area contributed by atoms with Gasteiger partial charge < -0.3 is 10.2 Å². The van der Waals surface area contributed by atoms with Crippen molar-refractivity contribution in [3.8, 4) is 11.1 Å². The third kappa shape index (κ3) is 4.70. The molecule has 2 aromatic carbocycles. The Balaban J connectivity index is 1.61. The smallest absolute Gasteiger partial charge is 0.317 e. The van der Waals surface area contributed by atoms with Crippen LogP contribution in [0.2, 0.25) is 0 Å². The van der Waals surface area contributed by atoms with E-state index in [1.807, 2.05) is 43.4 Å². The highest BCUT2D eigenvalue weighted by Gasteiger charge is 2.11. The van der Waals surface area contributed by atoms with Crippen LogP contribution in [0.25, 0.3) is 11.1 Å². The number of hydrogen-bond acceptors (Lipinski definition) is 2. The Morgan fingerprint density at radius 2 is 1.76 bits per heavy atom. The predicted molar refractivity (Wildman–Crippen MR) is 105 cm³/mol. The number of carbonyl (C=O) groups is 1. The van der Waals surface area contributed by atoms with Crippen molar-refractivity contribution < 1.29 is 4.79 Å². The highest BCUT2D eigenvalue weighted by molar-refractivity contribution is 7.09. The van der Waals surface area contributed by atoms with Gasteiger partial charge in [0.1, 0.15) is 0 Å². The fourth-order valence-electron chi connectivity index (χ4n) is 2.77. The minimum absolute atomic E-state index is 0.0422. The highest BCUT2D eigenvalue weighted by atomic mass is 32.1. The SMILES string of the molecule is CN(Cc1ccccc1-c1ccccc1)C(=O)NCCc1cccs1. The number of urea groups is 1. The molecule has 0 saturated heterocycles. The molecule has 1 N–H and O–H groups in total. The van der Waals surface area contributed by atoms with Crippen molar-refractivity contribution in [2.75, 3.05) is 13.6 Å². The van der Waals surface area contributed by atoms with E-state index in [1.54, 1.807) is 16.2 Å². The second-order valence-electron chi connectivity index (χ2n) is 5.94. The molecule has 0 spiro atoms. The first-order valence-corrected chi connectivity index (χ1v) is 9.26. The Hall–Kier alpha value is -2.59. The van der Waals surface area contributed by atoms with E-state index < -0.39 is 0 Å². The van der Waals surface area contributed by atoms with Crippen molar-refractivity contribution in [3.63, 3.8) is 0 Å². The summed E-state index contributed by atoms with van der Waals surface area (Å²) in [6, 6.07) is 22.6. The summed E-state index contributed by atoms with van der Waals surface area (Å²) < 4.78 is 0. The second kappa shape index (κ2) is 8.49. The van der Waals surface area contributed by atoms with Crippen LogP contribution >= 0.6 is 11.3 Å². The lowest BCUT2D eigenvalue weighted by molar-refractivity contribution is 0.207. The van der Waals surface area contributed by atoms with Gasteiger partial charge in [-0.3, -0.25) is 0 Å². The summed E-state index contributed by atoms with van der Waals surface area (Å²) in [6.45, 7) is 1.24. The minimum atomic E-state index is -0.0422. The molecule has 3 aromatic rings. The molecule has 0 aliphatic rings. The normalized spacial score (nSPS) is 10.4. The summed E-state index contributed by atoms with van der Waals surface area (Å²) in [5.74, 6) is 0. The molecule has 0 bridgehead atoms. The Bertz CT molecular complexity index is 800. The van der Waals surface area contributed by atoms with E-state index in [0.717, 1.165) is 12.0 Å². The third-order valence-corrected chi connectivity index (χ3v) is 5.02. The van der Waals surface area contributed by atoms with Crippen LogP contribution in [0, 0.1) is 0 Å². The quantitative estimate of drug-likeness (QED) is 0.680. The fraction of sp³-hybridized carbons (Fsp3) is 0.190. The van der Waals surface area contributed by atoms with Crippen LogP contribution in [-0.2, 0) is 13.0 Å². The lowest BCUT2D eigenvalue weighted by Crippen LogP contribution is -2.37. The molecule has 128 valence electrons. The number of nitrogens with zero attached hydrogens (tertiary/aromatic N) is 1. The zero-order valence-electron chi connectivity index (χ0n) is 14.3. The van der Waals surface area contributed by atoms with E-state index in [1.165, 1.54) is 16.0 Å².